The quantitative estimate of drug-likeness (QED) is 0.748. The molecule has 2 nitrogen and oxygen atoms in total. The van der Waals surface area contributed by atoms with E-state index in [1.807, 2.05) is 6.20 Å². The molecule has 0 unspecified atom stereocenters. The van der Waals surface area contributed by atoms with Crippen LogP contribution in [-0.4, -0.2) is 23.5 Å². The number of hydrogen-bond donors (Lipinski definition) is 0. The molecule has 1 aliphatic carbocycles. The van der Waals surface area contributed by atoms with Crippen LogP contribution in [0.2, 0.25) is 0 Å². The Hall–Kier alpha value is -0.760. The van der Waals surface area contributed by atoms with Gasteiger partial charge in [-0.3, -0.25) is 0 Å². The van der Waals surface area contributed by atoms with Crippen molar-refractivity contribution in [2.75, 3.05) is 17.3 Å². The Bertz CT molecular complexity index is 317. The standard InChI is InChI=1S/C13H19ClN2/c1-11-6-7-13(15-10-11)16(9-8-14)12-4-2-3-5-12/h6-7,10,12H,2-5,8-9H2,1H3. The molecule has 0 saturated heterocycles. The molecule has 0 radical (unpaired) electrons. The van der Waals surface area contributed by atoms with Gasteiger partial charge in [-0.15, -0.1) is 11.6 Å². The first kappa shape index (κ1) is 11.7. The van der Waals surface area contributed by atoms with Gasteiger partial charge in [0.2, 0.25) is 0 Å². The Morgan fingerprint density at radius 2 is 2.12 bits per heavy atom. The molecule has 1 saturated carbocycles. The number of hydrogen-bond acceptors (Lipinski definition) is 2. The monoisotopic (exact) mass is 238 g/mol. The highest BCUT2D eigenvalue weighted by Crippen LogP contribution is 2.27. The summed E-state index contributed by atoms with van der Waals surface area (Å²) in [5, 5.41) is 0. The summed E-state index contributed by atoms with van der Waals surface area (Å²) in [4.78, 5) is 6.88. The minimum absolute atomic E-state index is 0.647. The van der Waals surface area contributed by atoms with Crippen molar-refractivity contribution >= 4 is 17.4 Å². The summed E-state index contributed by atoms with van der Waals surface area (Å²) in [7, 11) is 0. The number of aromatic nitrogens is 1. The molecular formula is C13H19ClN2. The van der Waals surface area contributed by atoms with Crippen LogP contribution in [0.15, 0.2) is 18.3 Å². The number of alkyl halides is 1. The molecule has 0 atom stereocenters. The third-order valence-electron chi connectivity index (χ3n) is 3.28. The Morgan fingerprint density at radius 3 is 2.69 bits per heavy atom. The molecule has 1 aromatic heterocycles. The van der Waals surface area contributed by atoms with Gasteiger partial charge in [0.05, 0.1) is 0 Å². The van der Waals surface area contributed by atoms with Gasteiger partial charge < -0.3 is 4.90 Å². The van der Waals surface area contributed by atoms with Crippen molar-refractivity contribution < 1.29 is 0 Å². The number of anilines is 1. The predicted octanol–water partition coefficient (Wildman–Crippen LogP) is 3.38. The van der Waals surface area contributed by atoms with Crippen LogP contribution in [0.5, 0.6) is 0 Å². The molecule has 88 valence electrons. The molecule has 0 N–H and O–H groups in total. The maximum atomic E-state index is 5.89. The fourth-order valence-corrected chi connectivity index (χ4v) is 2.60. The molecule has 0 spiro atoms. The Morgan fingerprint density at radius 1 is 1.38 bits per heavy atom. The largest absolute Gasteiger partial charge is 0.352 e. The van der Waals surface area contributed by atoms with Crippen LogP contribution in [0, 0.1) is 6.92 Å². The van der Waals surface area contributed by atoms with Crippen LogP contribution < -0.4 is 4.90 Å². The van der Waals surface area contributed by atoms with E-state index < -0.39 is 0 Å². The fraction of sp³-hybridized carbons (Fsp3) is 0.615. The van der Waals surface area contributed by atoms with Crippen LogP contribution in [0.3, 0.4) is 0 Å². The highest BCUT2D eigenvalue weighted by molar-refractivity contribution is 6.18. The summed E-state index contributed by atoms with van der Waals surface area (Å²) < 4.78 is 0. The summed E-state index contributed by atoms with van der Waals surface area (Å²) in [6.07, 6.45) is 7.19. The molecule has 1 aromatic rings. The van der Waals surface area contributed by atoms with Crippen molar-refractivity contribution in [1.82, 2.24) is 4.98 Å². The average Bonchev–Trinajstić information content (AvgIpc) is 2.81. The van der Waals surface area contributed by atoms with Crippen LogP contribution in [0.25, 0.3) is 0 Å². The predicted molar refractivity (Wildman–Crippen MR) is 69.3 cm³/mol. The van der Waals surface area contributed by atoms with E-state index in [1.165, 1.54) is 31.2 Å². The van der Waals surface area contributed by atoms with Crippen molar-refractivity contribution in [2.24, 2.45) is 0 Å². The summed E-state index contributed by atoms with van der Waals surface area (Å²) in [5.41, 5.74) is 1.21. The number of pyridine rings is 1. The molecule has 1 fully saturated rings. The molecule has 1 heterocycles. The van der Waals surface area contributed by atoms with Gasteiger partial charge in [0.25, 0.3) is 0 Å². The number of halogens is 1. The fourth-order valence-electron chi connectivity index (χ4n) is 2.42. The van der Waals surface area contributed by atoms with Gasteiger partial charge in [0.1, 0.15) is 5.82 Å². The van der Waals surface area contributed by atoms with E-state index in [0.717, 1.165) is 12.4 Å². The molecule has 3 heteroatoms. The van der Waals surface area contributed by atoms with Gasteiger partial charge in [-0.1, -0.05) is 18.9 Å². The first-order valence-corrected chi connectivity index (χ1v) is 6.60. The van der Waals surface area contributed by atoms with Gasteiger partial charge in [-0.05, 0) is 31.4 Å². The van der Waals surface area contributed by atoms with Crippen LogP contribution in [0.4, 0.5) is 5.82 Å². The molecule has 16 heavy (non-hydrogen) atoms. The van der Waals surface area contributed by atoms with Gasteiger partial charge in [-0.25, -0.2) is 4.98 Å². The molecule has 0 bridgehead atoms. The smallest absolute Gasteiger partial charge is 0.128 e. The van der Waals surface area contributed by atoms with Crippen LogP contribution in [0.1, 0.15) is 31.2 Å². The lowest BCUT2D eigenvalue weighted by atomic mass is 10.2. The normalized spacial score (nSPS) is 16.6. The zero-order valence-corrected chi connectivity index (χ0v) is 10.6. The van der Waals surface area contributed by atoms with E-state index in [4.69, 9.17) is 11.6 Å². The van der Waals surface area contributed by atoms with Crippen LogP contribution in [-0.2, 0) is 0 Å². The highest BCUT2D eigenvalue weighted by Gasteiger charge is 2.22. The molecule has 2 rings (SSSR count). The Kier molecular flexibility index (Phi) is 4.05. The summed E-state index contributed by atoms with van der Waals surface area (Å²) in [6.45, 7) is 2.97. The van der Waals surface area contributed by atoms with Crippen molar-refractivity contribution in [3.63, 3.8) is 0 Å². The van der Waals surface area contributed by atoms with Crippen molar-refractivity contribution in [2.45, 2.75) is 38.6 Å². The maximum Gasteiger partial charge on any atom is 0.128 e. The van der Waals surface area contributed by atoms with Crippen molar-refractivity contribution in [3.05, 3.63) is 23.9 Å². The lowest BCUT2D eigenvalue weighted by molar-refractivity contribution is 0.614. The molecule has 0 aromatic carbocycles. The van der Waals surface area contributed by atoms with Crippen molar-refractivity contribution in [3.8, 4) is 0 Å². The third-order valence-corrected chi connectivity index (χ3v) is 3.45. The van der Waals surface area contributed by atoms with E-state index in [1.54, 1.807) is 0 Å². The minimum Gasteiger partial charge on any atom is -0.352 e. The third kappa shape index (κ3) is 2.67. The molecule has 1 aliphatic rings. The van der Waals surface area contributed by atoms with Crippen LogP contribution >= 0.6 is 11.6 Å². The van der Waals surface area contributed by atoms with Gasteiger partial charge >= 0.3 is 0 Å². The van der Waals surface area contributed by atoms with Crippen molar-refractivity contribution in [1.29, 1.82) is 0 Å². The summed E-state index contributed by atoms with van der Waals surface area (Å²) in [6, 6.07) is 4.88. The lowest BCUT2D eigenvalue weighted by Gasteiger charge is -2.29. The summed E-state index contributed by atoms with van der Waals surface area (Å²) in [5.74, 6) is 1.75. The first-order valence-electron chi connectivity index (χ1n) is 6.06. The molecular weight excluding hydrogens is 220 g/mol. The SMILES string of the molecule is Cc1ccc(N(CCCl)C2CCCC2)nc1. The van der Waals surface area contributed by atoms with Gasteiger partial charge in [0, 0.05) is 24.7 Å². The summed E-state index contributed by atoms with van der Waals surface area (Å²) >= 11 is 5.89. The zero-order valence-electron chi connectivity index (χ0n) is 9.82. The zero-order chi connectivity index (χ0) is 11.4. The lowest BCUT2D eigenvalue weighted by Crippen LogP contribution is -2.35. The van der Waals surface area contributed by atoms with E-state index in [0.29, 0.717) is 11.9 Å². The topological polar surface area (TPSA) is 16.1 Å². The minimum atomic E-state index is 0.647. The second-order valence-electron chi connectivity index (χ2n) is 4.51. The number of aryl methyl sites for hydroxylation is 1. The Balaban J connectivity index is 2.14. The van der Waals surface area contributed by atoms with E-state index in [-0.39, 0.29) is 0 Å². The van der Waals surface area contributed by atoms with Gasteiger partial charge in [-0.2, -0.15) is 0 Å². The molecule has 0 amide bonds. The molecule has 0 aliphatic heterocycles. The van der Waals surface area contributed by atoms with E-state index in [2.05, 4.69) is 28.9 Å². The van der Waals surface area contributed by atoms with E-state index in [9.17, 15) is 0 Å². The van der Waals surface area contributed by atoms with E-state index >= 15 is 0 Å². The number of rotatable bonds is 4. The highest BCUT2D eigenvalue weighted by atomic mass is 35.5. The second kappa shape index (κ2) is 5.53. The first-order chi connectivity index (χ1) is 7.81. The van der Waals surface area contributed by atoms with Gasteiger partial charge in [0.15, 0.2) is 0 Å². The number of nitrogens with zero attached hydrogens (tertiary/aromatic N) is 2. The Labute approximate surface area is 103 Å². The second-order valence-corrected chi connectivity index (χ2v) is 4.89. The maximum absolute atomic E-state index is 5.89. The average molecular weight is 239 g/mol.